The summed E-state index contributed by atoms with van der Waals surface area (Å²) in [7, 11) is 0. The minimum absolute atomic E-state index is 0.0674. The van der Waals surface area contributed by atoms with E-state index in [2.05, 4.69) is 45.0 Å². The van der Waals surface area contributed by atoms with Crippen molar-refractivity contribution in [3.63, 3.8) is 0 Å². The van der Waals surface area contributed by atoms with Crippen LogP contribution in [0.1, 0.15) is 75.8 Å². The Bertz CT molecular complexity index is 358. The molecule has 0 radical (unpaired) electrons. The summed E-state index contributed by atoms with van der Waals surface area (Å²) in [6, 6.07) is 8.57. The molecule has 20 heavy (non-hydrogen) atoms. The van der Waals surface area contributed by atoms with Crippen molar-refractivity contribution in [1.29, 1.82) is 0 Å². The number of hydrogen-bond donors (Lipinski definition) is 2. The third kappa shape index (κ3) is 5.26. The number of benzene rings is 1. The molecule has 0 aromatic heterocycles. The molecular formula is C18H31NO. The number of aliphatic hydroxyl groups is 1. The van der Waals surface area contributed by atoms with Crippen LogP contribution >= 0.6 is 0 Å². The van der Waals surface area contributed by atoms with Gasteiger partial charge in [0.2, 0.25) is 0 Å². The predicted molar refractivity (Wildman–Crippen MR) is 87.1 cm³/mol. The minimum Gasteiger partial charge on any atom is -0.392 e. The fourth-order valence-electron chi connectivity index (χ4n) is 2.62. The van der Waals surface area contributed by atoms with Gasteiger partial charge in [0.05, 0.1) is 6.10 Å². The van der Waals surface area contributed by atoms with Crippen LogP contribution in [-0.2, 0) is 0 Å². The van der Waals surface area contributed by atoms with Crippen LogP contribution < -0.4 is 5.73 Å². The zero-order valence-corrected chi connectivity index (χ0v) is 13.3. The van der Waals surface area contributed by atoms with E-state index in [0.717, 1.165) is 12.8 Å². The van der Waals surface area contributed by atoms with Crippen LogP contribution in [0.15, 0.2) is 24.3 Å². The molecule has 1 rings (SSSR count). The van der Waals surface area contributed by atoms with Crippen LogP contribution in [0.2, 0.25) is 0 Å². The highest BCUT2D eigenvalue weighted by Gasteiger charge is 2.19. The summed E-state index contributed by atoms with van der Waals surface area (Å²) >= 11 is 0. The fraction of sp³-hybridized carbons (Fsp3) is 0.667. The van der Waals surface area contributed by atoms with Crippen LogP contribution in [0.3, 0.4) is 0 Å². The first kappa shape index (κ1) is 17.2. The summed E-state index contributed by atoms with van der Waals surface area (Å²) in [4.78, 5) is 0. The Morgan fingerprint density at radius 2 is 1.60 bits per heavy atom. The molecule has 0 aliphatic rings. The van der Waals surface area contributed by atoms with E-state index in [-0.39, 0.29) is 12.0 Å². The van der Waals surface area contributed by atoms with Gasteiger partial charge in [-0.1, -0.05) is 70.7 Å². The summed E-state index contributed by atoms with van der Waals surface area (Å²) in [6.07, 6.45) is 5.32. The summed E-state index contributed by atoms with van der Waals surface area (Å²) in [5.41, 5.74) is 8.38. The number of rotatable bonds is 9. The second-order valence-electron chi connectivity index (χ2n) is 6.08. The molecule has 2 nitrogen and oxygen atoms in total. The van der Waals surface area contributed by atoms with Gasteiger partial charge in [-0.25, -0.2) is 0 Å². The molecule has 0 spiro atoms. The second-order valence-corrected chi connectivity index (χ2v) is 6.08. The van der Waals surface area contributed by atoms with Gasteiger partial charge in [-0.3, -0.25) is 0 Å². The third-order valence-corrected chi connectivity index (χ3v) is 4.10. The summed E-state index contributed by atoms with van der Waals surface area (Å²) in [5, 5.41) is 10.4. The van der Waals surface area contributed by atoms with E-state index in [9.17, 15) is 5.11 Å². The van der Waals surface area contributed by atoms with Crippen LogP contribution in [0.25, 0.3) is 0 Å². The molecule has 0 amide bonds. The number of aliphatic hydroxyl groups excluding tert-OH is 1. The van der Waals surface area contributed by atoms with Gasteiger partial charge in [0.25, 0.3) is 0 Å². The molecule has 0 heterocycles. The van der Waals surface area contributed by atoms with E-state index >= 15 is 0 Å². The van der Waals surface area contributed by atoms with Gasteiger partial charge in [-0.05, 0) is 23.5 Å². The van der Waals surface area contributed by atoms with Gasteiger partial charge in [0.15, 0.2) is 0 Å². The summed E-state index contributed by atoms with van der Waals surface area (Å²) in [6.45, 7) is 7.10. The Morgan fingerprint density at radius 3 is 2.10 bits per heavy atom. The second kappa shape index (κ2) is 9.15. The van der Waals surface area contributed by atoms with Crippen LogP contribution in [-0.4, -0.2) is 17.8 Å². The van der Waals surface area contributed by atoms with Crippen molar-refractivity contribution >= 4 is 0 Å². The number of nitrogens with two attached hydrogens (primary N) is 1. The highest BCUT2D eigenvalue weighted by Crippen LogP contribution is 2.24. The van der Waals surface area contributed by atoms with Crippen molar-refractivity contribution in [3.8, 4) is 0 Å². The van der Waals surface area contributed by atoms with Gasteiger partial charge in [-0.15, -0.1) is 0 Å². The average molecular weight is 277 g/mol. The predicted octanol–water partition coefficient (Wildman–Crippen LogP) is 4.18. The topological polar surface area (TPSA) is 46.2 Å². The molecule has 2 heteroatoms. The van der Waals surface area contributed by atoms with Crippen molar-refractivity contribution < 1.29 is 5.11 Å². The first-order chi connectivity index (χ1) is 9.60. The smallest absolute Gasteiger partial charge is 0.0620 e. The van der Waals surface area contributed by atoms with Crippen LogP contribution in [0, 0.1) is 0 Å². The van der Waals surface area contributed by atoms with E-state index in [4.69, 9.17) is 5.73 Å². The van der Waals surface area contributed by atoms with Gasteiger partial charge >= 0.3 is 0 Å². The van der Waals surface area contributed by atoms with Crippen LogP contribution in [0.4, 0.5) is 0 Å². The largest absolute Gasteiger partial charge is 0.392 e. The third-order valence-electron chi connectivity index (χ3n) is 4.10. The van der Waals surface area contributed by atoms with E-state index in [1.807, 2.05) is 0 Å². The van der Waals surface area contributed by atoms with Crippen molar-refractivity contribution in [2.45, 2.75) is 70.8 Å². The molecule has 3 N–H and O–H groups in total. The minimum atomic E-state index is -0.318. The fourth-order valence-corrected chi connectivity index (χ4v) is 2.62. The molecule has 2 atom stereocenters. The van der Waals surface area contributed by atoms with E-state index in [1.165, 1.54) is 30.4 Å². The molecular weight excluding hydrogens is 246 g/mol. The zero-order chi connectivity index (χ0) is 15.0. The molecule has 2 unspecified atom stereocenters. The molecule has 0 aliphatic carbocycles. The molecule has 0 saturated carbocycles. The lowest BCUT2D eigenvalue weighted by atomic mass is 9.89. The Kier molecular flexibility index (Phi) is 7.86. The SMILES string of the molecule is CCCCCCC(O)C(CN)c1ccc(C(C)C)cc1. The maximum atomic E-state index is 10.4. The Balaban J connectivity index is 2.59. The first-order valence-corrected chi connectivity index (χ1v) is 8.08. The van der Waals surface area contributed by atoms with E-state index in [1.54, 1.807) is 0 Å². The maximum absolute atomic E-state index is 10.4. The highest BCUT2D eigenvalue weighted by atomic mass is 16.3. The molecule has 1 aromatic carbocycles. The molecule has 0 aliphatic heterocycles. The first-order valence-electron chi connectivity index (χ1n) is 8.08. The van der Waals surface area contributed by atoms with Gasteiger partial charge < -0.3 is 10.8 Å². The van der Waals surface area contributed by atoms with Crippen LogP contribution in [0.5, 0.6) is 0 Å². The van der Waals surface area contributed by atoms with Gasteiger partial charge in [0.1, 0.15) is 0 Å². The molecule has 1 aromatic rings. The standard InChI is InChI=1S/C18H31NO/c1-4-5-6-7-8-18(20)17(13-19)16-11-9-15(10-12-16)14(2)3/h9-12,14,17-18,20H,4-8,13,19H2,1-3H3. The maximum Gasteiger partial charge on any atom is 0.0620 e. The van der Waals surface area contributed by atoms with Crippen molar-refractivity contribution in [3.05, 3.63) is 35.4 Å². The summed E-state index contributed by atoms with van der Waals surface area (Å²) < 4.78 is 0. The lowest BCUT2D eigenvalue weighted by Crippen LogP contribution is -2.26. The highest BCUT2D eigenvalue weighted by molar-refractivity contribution is 5.28. The van der Waals surface area contributed by atoms with Gasteiger partial charge in [-0.2, -0.15) is 0 Å². The normalized spacial score (nSPS) is 14.5. The van der Waals surface area contributed by atoms with E-state index < -0.39 is 0 Å². The quantitative estimate of drug-likeness (QED) is 0.665. The zero-order valence-electron chi connectivity index (χ0n) is 13.3. The summed E-state index contributed by atoms with van der Waals surface area (Å²) in [5.74, 6) is 0.609. The Hall–Kier alpha value is -0.860. The average Bonchev–Trinajstić information content (AvgIpc) is 2.45. The Morgan fingerprint density at radius 1 is 1.00 bits per heavy atom. The molecule has 0 fully saturated rings. The lowest BCUT2D eigenvalue weighted by Gasteiger charge is -2.22. The van der Waals surface area contributed by atoms with Gasteiger partial charge in [0, 0.05) is 12.5 Å². The monoisotopic (exact) mass is 277 g/mol. The number of unbranched alkanes of at least 4 members (excludes halogenated alkanes) is 3. The Labute approximate surface area is 124 Å². The van der Waals surface area contributed by atoms with Crippen molar-refractivity contribution in [2.75, 3.05) is 6.54 Å². The van der Waals surface area contributed by atoms with Crippen molar-refractivity contribution in [2.24, 2.45) is 5.73 Å². The number of hydrogen-bond acceptors (Lipinski definition) is 2. The van der Waals surface area contributed by atoms with E-state index in [0.29, 0.717) is 12.5 Å². The van der Waals surface area contributed by atoms with Crippen molar-refractivity contribution in [1.82, 2.24) is 0 Å². The lowest BCUT2D eigenvalue weighted by molar-refractivity contribution is 0.132. The molecule has 0 bridgehead atoms. The molecule has 114 valence electrons. The molecule has 0 saturated heterocycles.